The Morgan fingerprint density at radius 2 is 2.05 bits per heavy atom. The highest BCUT2D eigenvalue weighted by Crippen LogP contribution is 2.52. The third-order valence-electron chi connectivity index (χ3n) is 7.59. The van der Waals surface area contributed by atoms with Crippen molar-refractivity contribution in [1.29, 1.82) is 0 Å². The number of halogens is 4. The summed E-state index contributed by atoms with van der Waals surface area (Å²) in [6, 6.07) is 5.41. The molecule has 40 heavy (non-hydrogen) atoms. The highest BCUT2D eigenvalue weighted by Gasteiger charge is 2.53. The van der Waals surface area contributed by atoms with Gasteiger partial charge in [-0.15, -0.1) is 0 Å². The number of ether oxygens (including phenoxy) is 2. The Bertz CT molecular complexity index is 1320. The fourth-order valence-corrected chi connectivity index (χ4v) is 5.87. The molecule has 2 atom stereocenters. The second kappa shape index (κ2) is 10.8. The summed E-state index contributed by atoms with van der Waals surface area (Å²) in [5.41, 5.74) is 0.0323. The lowest BCUT2D eigenvalue weighted by Crippen LogP contribution is -2.50. The van der Waals surface area contributed by atoms with Gasteiger partial charge in [0, 0.05) is 62.7 Å². The average Bonchev–Trinajstić information content (AvgIpc) is 3.46. The zero-order valence-electron chi connectivity index (χ0n) is 21.8. The van der Waals surface area contributed by atoms with Crippen LogP contribution in [0.25, 0.3) is 0 Å². The third-order valence-corrected chi connectivity index (χ3v) is 7.86. The van der Waals surface area contributed by atoms with Gasteiger partial charge in [0.15, 0.2) is 17.2 Å². The summed E-state index contributed by atoms with van der Waals surface area (Å²) >= 11 is 6.18. The molecule has 216 valence electrons. The van der Waals surface area contributed by atoms with Crippen LogP contribution in [0.2, 0.25) is 5.02 Å². The van der Waals surface area contributed by atoms with E-state index in [1.807, 2.05) is 6.07 Å². The SMILES string of the molecule is Cn1cc(Cl)c(C(=O)N2CCCOc3cccc4c3OC[C@@]3(CNC(=O)C2)CN(C(=O)CCC(F)(F)F)C[C@@H]43)n1. The number of hydrogen-bond donors (Lipinski definition) is 1. The molecular weight excluding hydrogens is 555 g/mol. The van der Waals surface area contributed by atoms with Gasteiger partial charge in [-0.05, 0) is 12.5 Å². The molecule has 1 fully saturated rings. The summed E-state index contributed by atoms with van der Waals surface area (Å²) < 4.78 is 52.0. The number of para-hydroxylation sites is 1. The zero-order chi connectivity index (χ0) is 28.7. The zero-order valence-corrected chi connectivity index (χ0v) is 22.6. The van der Waals surface area contributed by atoms with Gasteiger partial charge in [-0.2, -0.15) is 18.3 Å². The molecule has 4 bridgehead atoms. The molecule has 1 saturated heterocycles. The molecule has 0 aliphatic carbocycles. The van der Waals surface area contributed by atoms with E-state index in [1.54, 1.807) is 19.2 Å². The molecule has 0 unspecified atom stereocenters. The van der Waals surface area contributed by atoms with Crippen LogP contribution in [-0.2, 0) is 16.6 Å². The molecule has 10 nitrogen and oxygen atoms in total. The number of carbonyl (C=O) groups is 3. The second-order valence-electron chi connectivity index (χ2n) is 10.5. The minimum atomic E-state index is -4.44. The van der Waals surface area contributed by atoms with E-state index in [2.05, 4.69) is 10.4 Å². The number of amides is 3. The van der Waals surface area contributed by atoms with E-state index in [0.29, 0.717) is 17.9 Å². The fraction of sp³-hybridized carbons (Fsp3) is 0.538. The fourth-order valence-electron chi connectivity index (χ4n) is 5.61. The van der Waals surface area contributed by atoms with E-state index < -0.39 is 42.2 Å². The average molecular weight is 584 g/mol. The van der Waals surface area contributed by atoms with Gasteiger partial charge in [0.25, 0.3) is 5.91 Å². The van der Waals surface area contributed by atoms with E-state index in [1.165, 1.54) is 20.7 Å². The van der Waals surface area contributed by atoms with Crippen molar-refractivity contribution < 1.29 is 37.0 Å². The lowest BCUT2D eigenvalue weighted by molar-refractivity contribution is -0.148. The first-order chi connectivity index (χ1) is 19.0. The van der Waals surface area contributed by atoms with Crippen LogP contribution in [0.4, 0.5) is 13.2 Å². The number of hydrogen-bond acceptors (Lipinski definition) is 6. The van der Waals surface area contributed by atoms with Crippen molar-refractivity contribution in [2.75, 3.05) is 45.9 Å². The van der Waals surface area contributed by atoms with Gasteiger partial charge in [0.05, 0.1) is 31.2 Å². The number of fused-ring (bicyclic) bond motifs is 9. The normalized spacial score (nSPS) is 23.1. The Morgan fingerprint density at radius 1 is 1.25 bits per heavy atom. The minimum Gasteiger partial charge on any atom is -0.490 e. The molecule has 3 amide bonds. The number of aryl methyl sites for hydroxylation is 1. The van der Waals surface area contributed by atoms with Crippen molar-refractivity contribution in [3.05, 3.63) is 40.7 Å². The topological polar surface area (TPSA) is 106 Å². The van der Waals surface area contributed by atoms with Crippen molar-refractivity contribution in [3.8, 4) is 11.5 Å². The van der Waals surface area contributed by atoms with Crippen LogP contribution in [0.3, 0.4) is 0 Å². The van der Waals surface area contributed by atoms with Crippen molar-refractivity contribution in [2.24, 2.45) is 12.5 Å². The maximum Gasteiger partial charge on any atom is 0.389 e. The van der Waals surface area contributed by atoms with E-state index in [4.69, 9.17) is 21.1 Å². The van der Waals surface area contributed by atoms with Crippen LogP contribution in [-0.4, -0.2) is 89.4 Å². The van der Waals surface area contributed by atoms with E-state index in [9.17, 15) is 27.6 Å². The van der Waals surface area contributed by atoms with Crippen LogP contribution >= 0.6 is 11.6 Å². The van der Waals surface area contributed by atoms with Gasteiger partial charge in [0.1, 0.15) is 0 Å². The molecule has 1 spiro atoms. The molecule has 1 N–H and O–H groups in total. The highest BCUT2D eigenvalue weighted by molar-refractivity contribution is 6.33. The summed E-state index contributed by atoms with van der Waals surface area (Å²) in [6.07, 6.45) is -4.39. The number of likely N-dealkylation sites (tertiary alicyclic amines) is 1. The van der Waals surface area contributed by atoms with Crippen molar-refractivity contribution in [1.82, 2.24) is 24.9 Å². The first kappa shape index (κ1) is 28.1. The number of nitrogens with one attached hydrogen (secondary N) is 1. The quantitative estimate of drug-likeness (QED) is 0.596. The van der Waals surface area contributed by atoms with Crippen LogP contribution in [0.1, 0.15) is 41.2 Å². The molecule has 0 saturated carbocycles. The number of nitrogens with zero attached hydrogens (tertiary/aromatic N) is 4. The molecule has 4 aliphatic rings. The first-order valence-electron chi connectivity index (χ1n) is 12.9. The molecule has 6 rings (SSSR count). The summed E-state index contributed by atoms with van der Waals surface area (Å²) in [7, 11) is 1.63. The lowest BCUT2D eigenvalue weighted by atomic mass is 9.73. The molecule has 4 aliphatic heterocycles. The van der Waals surface area contributed by atoms with Crippen molar-refractivity contribution in [3.63, 3.8) is 0 Å². The van der Waals surface area contributed by atoms with E-state index in [-0.39, 0.29) is 62.6 Å². The number of alkyl halides is 3. The molecule has 1 aromatic heterocycles. The van der Waals surface area contributed by atoms with E-state index >= 15 is 0 Å². The van der Waals surface area contributed by atoms with Gasteiger partial charge in [-0.25, -0.2) is 0 Å². The standard InChI is InChI=1S/C26H29ClF3N5O5/c1-33-11-18(27)22(32-33)24(38)34-8-3-9-39-19-5-2-4-16-17-10-35(21(37)6-7-26(28,29)30)14-25(17,15-40-23(16)19)13-31-20(36)12-34/h2,4-5,11,17H,3,6-10,12-15H2,1H3,(H,31,36)/t17-,25+/m0/s1. The summed E-state index contributed by atoms with van der Waals surface area (Å²) in [5, 5.41) is 7.17. The van der Waals surface area contributed by atoms with Crippen molar-refractivity contribution in [2.45, 2.75) is 31.4 Å². The minimum absolute atomic E-state index is 0.0313. The number of aromatic nitrogens is 2. The molecule has 0 radical (unpaired) electrons. The molecule has 14 heteroatoms. The largest absolute Gasteiger partial charge is 0.490 e. The Balaban J connectivity index is 1.41. The van der Waals surface area contributed by atoms with Crippen LogP contribution in [0.15, 0.2) is 24.4 Å². The smallest absolute Gasteiger partial charge is 0.389 e. The van der Waals surface area contributed by atoms with Crippen LogP contribution < -0.4 is 14.8 Å². The second-order valence-corrected chi connectivity index (χ2v) is 10.9. The Kier molecular flexibility index (Phi) is 7.60. The number of rotatable bonds is 3. The summed E-state index contributed by atoms with van der Waals surface area (Å²) in [6.45, 7) is 0.680. The van der Waals surface area contributed by atoms with Gasteiger partial charge in [-0.1, -0.05) is 23.7 Å². The van der Waals surface area contributed by atoms with Crippen LogP contribution in [0, 0.1) is 5.41 Å². The number of carbonyl (C=O) groups excluding carboxylic acids is 3. The third kappa shape index (κ3) is 5.70. The summed E-state index contributed by atoms with van der Waals surface area (Å²) in [5.74, 6) is -0.825. The maximum absolute atomic E-state index is 13.2. The lowest BCUT2D eigenvalue weighted by Gasteiger charge is -2.40. The summed E-state index contributed by atoms with van der Waals surface area (Å²) in [4.78, 5) is 41.9. The maximum atomic E-state index is 13.2. The Hall–Kier alpha value is -3.48. The molecular formula is C26H29ClF3N5O5. The Labute approximate surface area is 233 Å². The van der Waals surface area contributed by atoms with E-state index in [0.717, 1.165) is 5.56 Å². The van der Waals surface area contributed by atoms with Gasteiger partial charge >= 0.3 is 6.18 Å². The molecule has 2 aromatic rings. The highest BCUT2D eigenvalue weighted by atomic mass is 35.5. The first-order valence-corrected chi connectivity index (χ1v) is 13.3. The molecule has 5 heterocycles. The molecule has 1 aromatic carbocycles. The van der Waals surface area contributed by atoms with Gasteiger partial charge < -0.3 is 24.6 Å². The predicted octanol–water partition coefficient (Wildman–Crippen LogP) is 2.76. The van der Waals surface area contributed by atoms with Gasteiger partial charge in [0.2, 0.25) is 11.8 Å². The van der Waals surface area contributed by atoms with Gasteiger partial charge in [-0.3, -0.25) is 19.1 Å². The number of benzene rings is 1. The van der Waals surface area contributed by atoms with Crippen molar-refractivity contribution >= 4 is 29.3 Å². The predicted molar refractivity (Wildman–Crippen MR) is 136 cm³/mol. The van der Waals surface area contributed by atoms with Crippen LogP contribution in [0.5, 0.6) is 11.5 Å². The Morgan fingerprint density at radius 3 is 2.77 bits per heavy atom. The monoisotopic (exact) mass is 583 g/mol.